The fraction of sp³-hybridized carbons (Fsp3) is 0.286. The van der Waals surface area contributed by atoms with Gasteiger partial charge in [-0.2, -0.15) is 0 Å². The third-order valence-electron chi connectivity index (χ3n) is 6.09. The summed E-state index contributed by atoms with van der Waals surface area (Å²) in [4.78, 5) is 18.0. The first kappa shape index (κ1) is 23.7. The van der Waals surface area contributed by atoms with Crippen LogP contribution >= 0.6 is 23.2 Å². The van der Waals surface area contributed by atoms with Crippen LogP contribution in [0.4, 0.5) is 0 Å². The van der Waals surface area contributed by atoms with Crippen molar-refractivity contribution in [1.82, 2.24) is 10.3 Å². The van der Waals surface area contributed by atoms with Gasteiger partial charge in [0.15, 0.2) is 11.5 Å². The van der Waals surface area contributed by atoms with Gasteiger partial charge in [0, 0.05) is 16.6 Å². The van der Waals surface area contributed by atoms with Crippen LogP contribution in [0, 0.1) is 0 Å². The molecule has 7 heteroatoms. The Morgan fingerprint density at radius 1 is 1.20 bits per heavy atom. The number of hydrogen-bond acceptors (Lipinski definition) is 4. The van der Waals surface area contributed by atoms with Crippen LogP contribution in [-0.2, 0) is 6.42 Å². The van der Waals surface area contributed by atoms with Gasteiger partial charge in [0.05, 0.1) is 6.20 Å². The van der Waals surface area contributed by atoms with Gasteiger partial charge in [-0.25, -0.2) is 4.98 Å². The molecule has 0 unspecified atom stereocenters. The van der Waals surface area contributed by atoms with E-state index >= 15 is 0 Å². The second kappa shape index (κ2) is 9.56. The maximum Gasteiger partial charge on any atom is 0.259 e. The lowest BCUT2D eigenvalue weighted by Gasteiger charge is -2.29. The van der Waals surface area contributed by atoms with Crippen molar-refractivity contribution in [2.45, 2.75) is 44.6 Å². The van der Waals surface area contributed by atoms with Crippen molar-refractivity contribution in [2.75, 3.05) is 6.54 Å². The van der Waals surface area contributed by atoms with Gasteiger partial charge in [-0.05, 0) is 86.6 Å². The summed E-state index contributed by atoms with van der Waals surface area (Å²) in [5, 5.41) is 4.14. The molecule has 0 atom stereocenters. The van der Waals surface area contributed by atoms with Gasteiger partial charge in [-0.1, -0.05) is 41.4 Å². The minimum atomic E-state index is -0.578. The fourth-order valence-electron chi connectivity index (χ4n) is 4.08. The highest BCUT2D eigenvalue weighted by molar-refractivity contribution is 6.35. The molecule has 35 heavy (non-hydrogen) atoms. The fourth-order valence-corrected chi connectivity index (χ4v) is 4.58. The van der Waals surface area contributed by atoms with E-state index in [4.69, 9.17) is 32.7 Å². The zero-order chi connectivity index (χ0) is 24.6. The molecule has 2 heterocycles. The second-order valence-corrected chi connectivity index (χ2v) is 10.3. The molecule has 0 bridgehead atoms. The Bertz CT molecular complexity index is 1320. The number of hydrogen-bond donors (Lipinski definition) is 1. The predicted molar refractivity (Wildman–Crippen MR) is 139 cm³/mol. The van der Waals surface area contributed by atoms with Crippen LogP contribution < -0.4 is 14.8 Å². The Kier molecular flexibility index (Phi) is 6.47. The standard InChI is InChI=1S/C28H26Cl2N2O3/c1-28(2)12-10-23-26(35-28)25(27(33)31-13-11-18-8-9-20(29)15-22(18)30)24(16-32-23)34-21-5-3-4-19(14-21)17-6-7-17/h3-5,8-10,12,14-17H,6-7,11,13H2,1-2H3,(H,31,33). The second-order valence-electron chi connectivity index (χ2n) is 9.44. The van der Waals surface area contributed by atoms with Crippen molar-refractivity contribution in [2.24, 2.45) is 0 Å². The van der Waals surface area contributed by atoms with Crippen molar-refractivity contribution in [3.05, 3.63) is 87.2 Å². The molecule has 0 spiro atoms. The lowest BCUT2D eigenvalue weighted by molar-refractivity contribution is 0.0937. The molecule has 1 fully saturated rings. The molecular formula is C28H26Cl2N2O3. The van der Waals surface area contributed by atoms with Crippen molar-refractivity contribution < 1.29 is 14.3 Å². The Balaban J connectivity index is 1.42. The minimum Gasteiger partial charge on any atom is -0.481 e. The average Bonchev–Trinajstić information content (AvgIpc) is 3.65. The number of benzene rings is 2. The van der Waals surface area contributed by atoms with E-state index in [0.717, 1.165) is 5.56 Å². The van der Waals surface area contributed by atoms with Crippen LogP contribution in [0.15, 0.2) is 54.7 Å². The highest BCUT2D eigenvalue weighted by atomic mass is 35.5. The molecule has 180 valence electrons. The van der Waals surface area contributed by atoms with E-state index in [1.165, 1.54) is 18.4 Å². The van der Waals surface area contributed by atoms with Gasteiger partial charge >= 0.3 is 0 Å². The number of fused-ring (bicyclic) bond motifs is 1. The van der Waals surface area contributed by atoms with Gasteiger partial charge in [0.2, 0.25) is 0 Å². The summed E-state index contributed by atoms with van der Waals surface area (Å²) in [5.74, 6) is 1.73. The average molecular weight is 509 g/mol. The summed E-state index contributed by atoms with van der Waals surface area (Å²) < 4.78 is 12.4. The number of nitrogens with zero attached hydrogens (tertiary/aromatic N) is 1. The molecule has 1 amide bonds. The maximum atomic E-state index is 13.5. The number of aromatic nitrogens is 1. The SMILES string of the molecule is CC1(C)C=Cc2ncc(Oc3cccc(C4CC4)c3)c(C(=O)NCCc3ccc(Cl)cc3Cl)c2O1. The molecule has 1 saturated carbocycles. The topological polar surface area (TPSA) is 60.5 Å². The molecule has 2 aromatic carbocycles. The highest BCUT2D eigenvalue weighted by Gasteiger charge is 2.30. The molecule has 5 nitrogen and oxygen atoms in total. The predicted octanol–water partition coefficient (Wildman–Crippen LogP) is 7.21. The zero-order valence-electron chi connectivity index (χ0n) is 19.6. The van der Waals surface area contributed by atoms with Crippen molar-refractivity contribution in [3.63, 3.8) is 0 Å². The first-order valence-electron chi connectivity index (χ1n) is 11.7. The summed E-state index contributed by atoms with van der Waals surface area (Å²) in [7, 11) is 0. The van der Waals surface area contributed by atoms with E-state index in [1.807, 2.05) is 50.3 Å². The molecule has 5 rings (SSSR count). The number of halogens is 2. The molecule has 1 aliphatic heterocycles. The molecule has 2 aliphatic rings. The van der Waals surface area contributed by atoms with Crippen molar-refractivity contribution >= 4 is 35.2 Å². The number of pyridine rings is 1. The van der Waals surface area contributed by atoms with Gasteiger partial charge in [0.1, 0.15) is 22.6 Å². The molecule has 1 N–H and O–H groups in total. The van der Waals surface area contributed by atoms with E-state index in [-0.39, 0.29) is 5.91 Å². The highest BCUT2D eigenvalue weighted by Crippen LogP contribution is 2.42. The van der Waals surface area contributed by atoms with Gasteiger partial charge < -0.3 is 14.8 Å². The summed E-state index contributed by atoms with van der Waals surface area (Å²) in [6, 6.07) is 13.4. The molecule has 1 aromatic heterocycles. The van der Waals surface area contributed by atoms with Gasteiger partial charge in [-0.15, -0.1) is 0 Å². The summed E-state index contributed by atoms with van der Waals surface area (Å²) in [5.41, 5.74) is 2.49. The van der Waals surface area contributed by atoms with E-state index in [2.05, 4.69) is 16.4 Å². The van der Waals surface area contributed by atoms with Crippen LogP contribution in [0.1, 0.15) is 59.8 Å². The Morgan fingerprint density at radius 3 is 2.80 bits per heavy atom. The monoisotopic (exact) mass is 508 g/mol. The van der Waals surface area contributed by atoms with Crippen LogP contribution in [0.25, 0.3) is 6.08 Å². The largest absolute Gasteiger partial charge is 0.481 e. The number of nitrogens with one attached hydrogen (secondary N) is 1. The number of carbonyl (C=O) groups excluding carboxylic acids is 1. The Morgan fingerprint density at radius 2 is 2.03 bits per heavy atom. The number of amides is 1. The molecule has 1 aliphatic carbocycles. The Labute approximate surface area is 215 Å². The van der Waals surface area contributed by atoms with Gasteiger partial charge in [0.25, 0.3) is 5.91 Å². The van der Waals surface area contributed by atoms with Crippen LogP contribution in [0.5, 0.6) is 17.2 Å². The van der Waals surface area contributed by atoms with Crippen molar-refractivity contribution in [3.8, 4) is 17.2 Å². The van der Waals surface area contributed by atoms with E-state index in [0.29, 0.717) is 57.4 Å². The first-order chi connectivity index (χ1) is 16.8. The van der Waals surface area contributed by atoms with Crippen molar-refractivity contribution in [1.29, 1.82) is 0 Å². The molecular weight excluding hydrogens is 483 g/mol. The Hall–Kier alpha value is -3.02. The third-order valence-corrected chi connectivity index (χ3v) is 6.68. The normalized spacial score (nSPS) is 15.8. The lowest BCUT2D eigenvalue weighted by atomic mass is 10.0. The summed E-state index contributed by atoms with van der Waals surface area (Å²) >= 11 is 12.3. The smallest absolute Gasteiger partial charge is 0.259 e. The van der Waals surface area contributed by atoms with E-state index in [9.17, 15) is 4.79 Å². The molecule has 0 saturated heterocycles. The quantitative estimate of drug-likeness (QED) is 0.366. The van der Waals surface area contributed by atoms with Gasteiger partial charge in [-0.3, -0.25) is 4.79 Å². The summed E-state index contributed by atoms with van der Waals surface area (Å²) in [6.45, 7) is 4.25. The number of carbonyl (C=O) groups is 1. The minimum absolute atomic E-state index is 0.298. The van der Waals surface area contributed by atoms with Crippen LogP contribution in [0.2, 0.25) is 10.0 Å². The molecule has 3 aromatic rings. The maximum absolute atomic E-state index is 13.5. The first-order valence-corrected chi connectivity index (χ1v) is 12.5. The number of rotatable bonds is 7. The summed E-state index contributed by atoms with van der Waals surface area (Å²) in [6.07, 6.45) is 8.34. The zero-order valence-corrected chi connectivity index (χ0v) is 21.1. The van der Waals surface area contributed by atoms with E-state index in [1.54, 1.807) is 18.3 Å². The number of ether oxygens (including phenoxy) is 2. The lowest BCUT2D eigenvalue weighted by Crippen LogP contribution is -2.32. The van der Waals surface area contributed by atoms with Crippen LogP contribution in [0.3, 0.4) is 0 Å². The van der Waals surface area contributed by atoms with Crippen LogP contribution in [-0.4, -0.2) is 23.0 Å². The van der Waals surface area contributed by atoms with E-state index < -0.39 is 5.60 Å². The third kappa shape index (κ3) is 5.47. The molecule has 0 radical (unpaired) electrons.